The van der Waals surface area contributed by atoms with Gasteiger partial charge in [0.2, 0.25) is 5.76 Å². The highest BCUT2D eigenvalue weighted by molar-refractivity contribution is 7.98. The van der Waals surface area contributed by atoms with Gasteiger partial charge in [-0.1, -0.05) is 25.6 Å². The van der Waals surface area contributed by atoms with Crippen LogP contribution in [0.15, 0.2) is 26.4 Å². The summed E-state index contributed by atoms with van der Waals surface area (Å²) < 4.78 is 12.1. The minimum atomic E-state index is -0.493. The number of nitrogens with zero attached hydrogens (tertiary/aromatic N) is 3. The molecule has 7 nitrogen and oxygen atoms in total. The second kappa shape index (κ2) is 10.1. The zero-order valence-electron chi connectivity index (χ0n) is 17.4. The van der Waals surface area contributed by atoms with Gasteiger partial charge in [-0.15, -0.1) is 0 Å². The van der Waals surface area contributed by atoms with Crippen LogP contribution in [0.1, 0.15) is 54.3 Å². The van der Waals surface area contributed by atoms with Crippen molar-refractivity contribution in [2.75, 3.05) is 26.7 Å². The van der Waals surface area contributed by atoms with E-state index in [2.05, 4.69) is 28.5 Å². The maximum atomic E-state index is 12.8. The lowest BCUT2D eigenvalue weighted by Gasteiger charge is -2.24. The molecule has 0 radical (unpaired) electrons. The van der Waals surface area contributed by atoms with Crippen molar-refractivity contribution in [3.05, 3.63) is 45.4 Å². The van der Waals surface area contributed by atoms with E-state index in [0.717, 1.165) is 56.0 Å². The number of esters is 1. The first-order valence-corrected chi connectivity index (χ1v) is 11.2. The molecule has 0 spiro atoms. The smallest absolute Gasteiger partial charge is 0.373 e. The molecule has 0 N–H and O–H groups in total. The summed E-state index contributed by atoms with van der Waals surface area (Å²) in [5, 5.41) is 0.791. The fourth-order valence-corrected chi connectivity index (χ4v) is 4.66. The number of rotatable bonds is 9. The van der Waals surface area contributed by atoms with Crippen LogP contribution in [0.5, 0.6) is 0 Å². The Morgan fingerprint density at radius 2 is 2.03 bits per heavy atom. The van der Waals surface area contributed by atoms with Gasteiger partial charge in [0, 0.05) is 24.3 Å². The summed E-state index contributed by atoms with van der Waals surface area (Å²) >= 11 is 1.50. The molecule has 1 aliphatic rings. The van der Waals surface area contributed by atoms with Crippen LogP contribution in [0, 0.1) is 0 Å². The van der Waals surface area contributed by atoms with E-state index < -0.39 is 5.97 Å². The molecule has 8 heteroatoms. The lowest BCUT2D eigenvalue weighted by molar-refractivity contribution is 0.0563. The molecular weight excluding hydrogens is 390 g/mol. The van der Waals surface area contributed by atoms with Crippen LogP contribution in [0.25, 0.3) is 0 Å². The lowest BCUT2D eigenvalue weighted by atomic mass is 9.97. The fourth-order valence-electron chi connectivity index (χ4n) is 3.68. The van der Waals surface area contributed by atoms with E-state index in [9.17, 15) is 9.59 Å². The maximum absolute atomic E-state index is 12.8. The van der Waals surface area contributed by atoms with Gasteiger partial charge >= 0.3 is 11.7 Å². The van der Waals surface area contributed by atoms with Gasteiger partial charge in [0.1, 0.15) is 10.8 Å². The van der Waals surface area contributed by atoms with E-state index >= 15 is 0 Å². The Hall–Kier alpha value is -2.06. The van der Waals surface area contributed by atoms with Crippen LogP contribution >= 0.6 is 11.8 Å². The summed E-state index contributed by atoms with van der Waals surface area (Å²) in [6.07, 6.45) is 4.09. The van der Waals surface area contributed by atoms with Crippen LogP contribution in [0.4, 0.5) is 0 Å². The molecule has 2 aromatic rings. The van der Waals surface area contributed by atoms with Gasteiger partial charge in [-0.3, -0.25) is 4.57 Å². The number of thioether (sulfide) groups is 1. The summed E-state index contributed by atoms with van der Waals surface area (Å²) in [6, 6.07) is 3.37. The van der Waals surface area contributed by atoms with E-state index in [1.807, 2.05) is 4.57 Å². The number of hydrogen-bond donors (Lipinski definition) is 0. The topological polar surface area (TPSA) is 77.6 Å². The van der Waals surface area contributed by atoms with Crippen LogP contribution in [0.3, 0.4) is 0 Å². The normalized spacial score (nSPS) is 13.5. The molecule has 0 aliphatic heterocycles. The van der Waals surface area contributed by atoms with Gasteiger partial charge in [-0.05, 0) is 50.9 Å². The van der Waals surface area contributed by atoms with E-state index in [0.29, 0.717) is 18.1 Å². The summed E-state index contributed by atoms with van der Waals surface area (Å²) in [5.41, 5.74) is 2.16. The van der Waals surface area contributed by atoms with Crippen LogP contribution < -0.4 is 5.69 Å². The molecule has 0 aromatic carbocycles. The van der Waals surface area contributed by atoms with Gasteiger partial charge in [-0.25, -0.2) is 9.59 Å². The number of carbonyl (C=O) groups is 1. The van der Waals surface area contributed by atoms with Crippen LogP contribution in [-0.4, -0.2) is 47.2 Å². The first-order chi connectivity index (χ1) is 14.1. The number of carbonyl (C=O) groups excluding carboxylic acids is 1. The first-order valence-electron chi connectivity index (χ1n) is 10.2. The number of fused-ring (bicyclic) bond motifs is 1. The molecule has 2 aromatic heterocycles. The molecule has 0 fully saturated rings. The van der Waals surface area contributed by atoms with Crippen molar-refractivity contribution in [1.29, 1.82) is 0 Å². The lowest BCUT2D eigenvalue weighted by Crippen LogP contribution is -2.35. The fraction of sp³-hybridized carbons (Fsp3) is 0.571. The van der Waals surface area contributed by atoms with E-state index in [4.69, 9.17) is 4.42 Å². The number of aromatic nitrogens is 2. The number of ether oxygens (including phenoxy) is 1. The first kappa shape index (κ1) is 21.6. The highest BCUT2D eigenvalue weighted by atomic mass is 32.2. The van der Waals surface area contributed by atoms with Crippen molar-refractivity contribution in [2.24, 2.45) is 0 Å². The maximum Gasteiger partial charge on any atom is 0.373 e. The predicted molar refractivity (Wildman–Crippen MR) is 113 cm³/mol. The molecule has 158 valence electrons. The number of likely N-dealkylation sites (N-methyl/N-ethyl adjacent to an activating group) is 1. The Bertz CT molecular complexity index is 902. The van der Waals surface area contributed by atoms with Gasteiger partial charge in [0.05, 0.1) is 12.9 Å². The third kappa shape index (κ3) is 5.11. The van der Waals surface area contributed by atoms with Crippen LogP contribution in [0.2, 0.25) is 0 Å². The molecule has 0 bridgehead atoms. The van der Waals surface area contributed by atoms with E-state index in [1.54, 1.807) is 12.1 Å². The van der Waals surface area contributed by atoms with Crippen molar-refractivity contribution in [3.63, 3.8) is 0 Å². The molecule has 0 atom stereocenters. The Balaban J connectivity index is 1.79. The molecule has 2 heterocycles. The Morgan fingerprint density at radius 3 is 2.76 bits per heavy atom. The highest BCUT2D eigenvalue weighted by Crippen LogP contribution is 2.30. The Morgan fingerprint density at radius 1 is 1.28 bits per heavy atom. The van der Waals surface area contributed by atoms with Gasteiger partial charge < -0.3 is 14.1 Å². The van der Waals surface area contributed by atoms with E-state index in [-0.39, 0.29) is 11.4 Å². The summed E-state index contributed by atoms with van der Waals surface area (Å²) in [5.74, 6) is 0.865. The standard InChI is InChI=1S/C21H29N3O4S/c1-4-23(5-2)12-13-24-17-9-7-6-8-16(17)19(22-21(24)26)29-14-15-10-11-18(28-15)20(25)27-3/h10-11H,4-9,12-14H2,1-3H3. The van der Waals surface area contributed by atoms with Crippen molar-refractivity contribution in [3.8, 4) is 0 Å². The zero-order valence-corrected chi connectivity index (χ0v) is 18.2. The second-order valence-electron chi connectivity index (χ2n) is 7.06. The quantitative estimate of drug-likeness (QED) is 0.351. The molecule has 0 saturated carbocycles. The van der Waals surface area contributed by atoms with Gasteiger partial charge in [0.15, 0.2) is 0 Å². The second-order valence-corrected chi connectivity index (χ2v) is 8.02. The average Bonchev–Trinajstić information content (AvgIpc) is 3.22. The van der Waals surface area contributed by atoms with Gasteiger partial charge in [-0.2, -0.15) is 4.98 Å². The largest absolute Gasteiger partial charge is 0.463 e. The number of furan rings is 1. The molecule has 3 rings (SSSR count). The third-order valence-corrected chi connectivity index (χ3v) is 6.42. The molecule has 0 amide bonds. The molecular formula is C21H29N3O4S. The average molecular weight is 420 g/mol. The summed E-state index contributed by atoms with van der Waals surface area (Å²) in [4.78, 5) is 31.1. The monoisotopic (exact) mass is 419 g/mol. The summed E-state index contributed by atoms with van der Waals surface area (Å²) in [7, 11) is 1.32. The number of hydrogen-bond acceptors (Lipinski definition) is 7. The van der Waals surface area contributed by atoms with Crippen molar-refractivity contribution >= 4 is 17.7 Å². The predicted octanol–water partition coefficient (Wildman–Crippen LogP) is 3.14. The molecule has 1 aliphatic carbocycles. The summed E-state index contributed by atoms with van der Waals surface area (Å²) in [6.45, 7) is 7.77. The van der Waals surface area contributed by atoms with Crippen molar-refractivity contribution in [1.82, 2.24) is 14.5 Å². The Labute approximate surface area is 175 Å². The molecule has 0 saturated heterocycles. The minimum Gasteiger partial charge on any atom is -0.463 e. The molecule has 29 heavy (non-hydrogen) atoms. The minimum absolute atomic E-state index is 0.171. The molecule has 0 unspecified atom stereocenters. The third-order valence-electron chi connectivity index (χ3n) is 5.38. The van der Waals surface area contributed by atoms with E-state index in [1.165, 1.54) is 24.4 Å². The highest BCUT2D eigenvalue weighted by Gasteiger charge is 2.21. The zero-order chi connectivity index (χ0) is 20.8. The SMILES string of the molecule is CCN(CC)CCn1c2c(c(SCc3ccc(C(=O)OC)o3)nc1=O)CCCC2. The van der Waals surface area contributed by atoms with Crippen LogP contribution in [-0.2, 0) is 29.9 Å². The van der Waals surface area contributed by atoms with Gasteiger partial charge in [0.25, 0.3) is 0 Å². The van der Waals surface area contributed by atoms with Crippen molar-refractivity contribution < 1.29 is 13.9 Å². The van der Waals surface area contributed by atoms with Crippen molar-refractivity contribution in [2.45, 2.75) is 56.9 Å². The number of methoxy groups -OCH3 is 1. The Kier molecular flexibility index (Phi) is 7.55.